The van der Waals surface area contributed by atoms with E-state index in [2.05, 4.69) is 31.4 Å². The smallest absolute Gasteiger partial charge is 0.234 e. The average molecular weight is 251 g/mol. The molecule has 0 unspecified atom stereocenters. The molecule has 0 saturated heterocycles. The van der Waals surface area contributed by atoms with Crippen LogP contribution in [0.15, 0.2) is 0 Å². The summed E-state index contributed by atoms with van der Waals surface area (Å²) in [4.78, 5) is 11.5. The van der Waals surface area contributed by atoms with Gasteiger partial charge in [0.15, 0.2) is 0 Å². The number of nitrogens with one attached hydrogen (secondary N) is 2. The molecule has 0 aliphatic heterocycles. The Labute approximate surface area is 110 Å². The quantitative estimate of drug-likeness (QED) is 0.731. The average Bonchev–Trinajstić information content (AvgIpc) is 2.33. The minimum Gasteiger partial charge on any atom is -0.342 e. The molecule has 3 atom stereocenters. The molecule has 1 fully saturated rings. The topological polar surface area (TPSA) is 64.9 Å². The zero-order chi connectivity index (χ0) is 13.5. The summed E-state index contributed by atoms with van der Waals surface area (Å²) in [6.45, 7) is 7.20. The largest absolute Gasteiger partial charge is 0.342 e. The van der Waals surface area contributed by atoms with E-state index in [9.17, 15) is 4.79 Å². The first-order valence-corrected chi connectivity index (χ1v) is 6.91. The van der Waals surface area contributed by atoms with Crippen molar-refractivity contribution in [2.45, 2.75) is 46.1 Å². The first-order chi connectivity index (χ1) is 8.54. The van der Waals surface area contributed by atoms with Crippen LogP contribution in [0.25, 0.3) is 0 Å². The lowest BCUT2D eigenvalue weighted by Crippen LogP contribution is -2.46. The Morgan fingerprint density at radius 2 is 2.17 bits per heavy atom. The van der Waals surface area contributed by atoms with Crippen molar-refractivity contribution in [3.63, 3.8) is 0 Å². The highest BCUT2D eigenvalue weighted by atomic mass is 16.1. The Morgan fingerprint density at radius 1 is 1.44 bits per heavy atom. The molecule has 1 saturated carbocycles. The number of hydrogen-bond donors (Lipinski definition) is 2. The zero-order valence-corrected chi connectivity index (χ0v) is 11.7. The zero-order valence-electron chi connectivity index (χ0n) is 11.7. The van der Waals surface area contributed by atoms with Gasteiger partial charge in [0, 0.05) is 6.04 Å². The van der Waals surface area contributed by atoms with Crippen molar-refractivity contribution in [1.82, 2.24) is 10.6 Å². The maximum Gasteiger partial charge on any atom is 0.234 e. The van der Waals surface area contributed by atoms with Crippen LogP contribution in [0.4, 0.5) is 0 Å². The molecule has 1 amide bonds. The lowest BCUT2D eigenvalue weighted by atomic mass is 9.74. The van der Waals surface area contributed by atoms with Gasteiger partial charge < -0.3 is 10.6 Å². The minimum absolute atomic E-state index is 0.0858. The van der Waals surface area contributed by atoms with Gasteiger partial charge in [-0.05, 0) is 30.6 Å². The molecule has 0 aromatic rings. The predicted octanol–water partition coefficient (Wildman–Crippen LogP) is 1.68. The van der Waals surface area contributed by atoms with Crippen LogP contribution >= 0.6 is 0 Å². The maximum atomic E-state index is 11.5. The predicted molar refractivity (Wildman–Crippen MR) is 71.8 cm³/mol. The van der Waals surface area contributed by atoms with Crippen molar-refractivity contribution >= 4 is 5.91 Å². The van der Waals surface area contributed by atoms with E-state index in [0.717, 1.165) is 12.3 Å². The fraction of sp³-hybridized carbons (Fsp3) is 0.857. The second kappa shape index (κ2) is 7.38. The third kappa shape index (κ3) is 4.66. The Morgan fingerprint density at radius 3 is 2.78 bits per heavy atom. The summed E-state index contributed by atoms with van der Waals surface area (Å²) in [5.41, 5.74) is 0. The summed E-state index contributed by atoms with van der Waals surface area (Å²) < 4.78 is 0. The van der Waals surface area contributed by atoms with Crippen molar-refractivity contribution < 1.29 is 4.79 Å². The Hall–Kier alpha value is -1.08. The molecule has 4 heteroatoms. The van der Waals surface area contributed by atoms with Gasteiger partial charge in [-0.1, -0.05) is 27.2 Å². The Balaban J connectivity index is 2.41. The van der Waals surface area contributed by atoms with Crippen LogP contribution in [-0.4, -0.2) is 25.0 Å². The number of rotatable bonds is 5. The number of carbonyl (C=O) groups is 1. The molecule has 1 aliphatic rings. The van der Waals surface area contributed by atoms with Crippen molar-refractivity contribution in [3.8, 4) is 6.07 Å². The summed E-state index contributed by atoms with van der Waals surface area (Å²) in [5, 5.41) is 14.3. The SMILES string of the molecule is CC(C)[C@H]1CC[C@@H](C)C[C@@H]1NCC(=O)NCC#N. The Kier molecular flexibility index (Phi) is 6.14. The lowest BCUT2D eigenvalue weighted by molar-refractivity contribution is -0.120. The molecule has 18 heavy (non-hydrogen) atoms. The molecular formula is C14H25N3O. The monoisotopic (exact) mass is 251 g/mol. The van der Waals surface area contributed by atoms with Crippen LogP contribution in [-0.2, 0) is 4.79 Å². The summed E-state index contributed by atoms with van der Waals surface area (Å²) in [6.07, 6.45) is 3.69. The van der Waals surface area contributed by atoms with Crippen molar-refractivity contribution in [2.24, 2.45) is 17.8 Å². The molecule has 4 nitrogen and oxygen atoms in total. The highest BCUT2D eigenvalue weighted by molar-refractivity contribution is 5.78. The molecule has 0 spiro atoms. The van der Waals surface area contributed by atoms with Crippen LogP contribution in [0.1, 0.15) is 40.0 Å². The summed E-state index contributed by atoms with van der Waals surface area (Å²) >= 11 is 0. The molecule has 1 aliphatic carbocycles. The third-order valence-electron chi connectivity index (χ3n) is 3.91. The summed E-state index contributed by atoms with van der Waals surface area (Å²) in [6, 6.07) is 2.34. The van der Waals surface area contributed by atoms with Crippen molar-refractivity contribution in [3.05, 3.63) is 0 Å². The van der Waals surface area contributed by atoms with E-state index in [1.165, 1.54) is 12.8 Å². The maximum absolute atomic E-state index is 11.5. The second-order valence-electron chi connectivity index (χ2n) is 5.75. The second-order valence-corrected chi connectivity index (χ2v) is 5.75. The molecule has 0 heterocycles. The highest BCUT2D eigenvalue weighted by Gasteiger charge is 2.30. The fourth-order valence-corrected chi connectivity index (χ4v) is 2.86. The van der Waals surface area contributed by atoms with E-state index in [4.69, 9.17) is 5.26 Å². The van der Waals surface area contributed by atoms with E-state index in [-0.39, 0.29) is 12.5 Å². The third-order valence-corrected chi connectivity index (χ3v) is 3.91. The molecular weight excluding hydrogens is 226 g/mol. The van der Waals surface area contributed by atoms with Crippen molar-refractivity contribution in [1.29, 1.82) is 5.26 Å². The lowest BCUT2D eigenvalue weighted by Gasteiger charge is -2.37. The van der Waals surface area contributed by atoms with Crippen LogP contribution < -0.4 is 10.6 Å². The number of amides is 1. The van der Waals surface area contributed by atoms with Crippen LogP contribution in [0, 0.1) is 29.1 Å². The molecule has 2 N–H and O–H groups in total. The standard InChI is InChI=1S/C14H25N3O/c1-10(2)12-5-4-11(3)8-13(12)17-9-14(18)16-7-6-15/h10-13,17H,4-5,7-9H2,1-3H3,(H,16,18)/t11-,12-,13+/m1/s1. The fourth-order valence-electron chi connectivity index (χ4n) is 2.86. The van der Waals surface area contributed by atoms with Crippen LogP contribution in [0.3, 0.4) is 0 Å². The molecule has 0 aromatic heterocycles. The molecule has 102 valence electrons. The van der Waals surface area contributed by atoms with Gasteiger partial charge in [-0.25, -0.2) is 0 Å². The normalized spacial score (nSPS) is 27.8. The number of hydrogen-bond acceptors (Lipinski definition) is 3. The molecule has 0 bridgehead atoms. The highest BCUT2D eigenvalue weighted by Crippen LogP contribution is 2.33. The van der Waals surface area contributed by atoms with E-state index in [0.29, 0.717) is 24.4 Å². The first kappa shape index (κ1) is 15.0. The van der Waals surface area contributed by atoms with Gasteiger partial charge >= 0.3 is 0 Å². The van der Waals surface area contributed by atoms with Crippen LogP contribution in [0.5, 0.6) is 0 Å². The summed E-state index contributed by atoms with van der Waals surface area (Å²) in [7, 11) is 0. The van der Waals surface area contributed by atoms with Gasteiger partial charge in [0.2, 0.25) is 5.91 Å². The van der Waals surface area contributed by atoms with Gasteiger partial charge in [-0.2, -0.15) is 5.26 Å². The minimum atomic E-state index is -0.0858. The number of carbonyl (C=O) groups excluding carboxylic acids is 1. The van der Waals surface area contributed by atoms with E-state index >= 15 is 0 Å². The Bertz CT molecular complexity index is 309. The molecule has 0 aromatic carbocycles. The van der Waals surface area contributed by atoms with Gasteiger partial charge in [-0.3, -0.25) is 4.79 Å². The summed E-state index contributed by atoms with van der Waals surface area (Å²) in [5.74, 6) is 1.96. The van der Waals surface area contributed by atoms with Gasteiger partial charge in [0.25, 0.3) is 0 Å². The van der Waals surface area contributed by atoms with Gasteiger partial charge in [-0.15, -0.1) is 0 Å². The van der Waals surface area contributed by atoms with E-state index < -0.39 is 0 Å². The van der Waals surface area contributed by atoms with Gasteiger partial charge in [0.05, 0.1) is 12.6 Å². The van der Waals surface area contributed by atoms with E-state index in [1.807, 2.05) is 6.07 Å². The molecule has 0 radical (unpaired) electrons. The van der Waals surface area contributed by atoms with E-state index in [1.54, 1.807) is 0 Å². The van der Waals surface area contributed by atoms with Crippen molar-refractivity contribution in [2.75, 3.05) is 13.1 Å². The first-order valence-electron chi connectivity index (χ1n) is 6.91. The molecule has 1 rings (SSSR count). The van der Waals surface area contributed by atoms with Crippen LogP contribution in [0.2, 0.25) is 0 Å². The number of nitrogens with zero attached hydrogens (tertiary/aromatic N) is 1. The van der Waals surface area contributed by atoms with Gasteiger partial charge in [0.1, 0.15) is 6.54 Å². The number of nitriles is 1.